The summed E-state index contributed by atoms with van der Waals surface area (Å²) >= 11 is 0. The minimum absolute atomic E-state index is 0.117. The molecule has 0 spiro atoms. The predicted molar refractivity (Wildman–Crippen MR) is 95.6 cm³/mol. The van der Waals surface area contributed by atoms with Crippen molar-refractivity contribution in [2.24, 2.45) is 11.8 Å². The molecule has 2 rings (SSSR count). The molecular formula is C21H31F3O. The molecule has 1 aromatic rings. The van der Waals surface area contributed by atoms with E-state index in [0.717, 1.165) is 25.0 Å². The van der Waals surface area contributed by atoms with E-state index in [0.29, 0.717) is 11.8 Å². The second-order valence-electron chi connectivity index (χ2n) is 8.11. The predicted octanol–water partition coefficient (Wildman–Crippen LogP) is 6.61. The van der Waals surface area contributed by atoms with Crippen molar-refractivity contribution < 1.29 is 17.9 Å². The monoisotopic (exact) mass is 356 g/mol. The molecule has 1 nitrogen and oxygen atoms in total. The summed E-state index contributed by atoms with van der Waals surface area (Å²) in [5, 5.41) is 0. The fourth-order valence-corrected chi connectivity index (χ4v) is 4.08. The lowest BCUT2D eigenvalue weighted by Gasteiger charge is -2.31. The Morgan fingerprint density at radius 1 is 0.920 bits per heavy atom. The van der Waals surface area contributed by atoms with Gasteiger partial charge in [-0.25, -0.2) is 0 Å². The third kappa shape index (κ3) is 5.73. The number of rotatable bonds is 6. The first-order valence-electron chi connectivity index (χ1n) is 9.41. The molecule has 1 saturated carbocycles. The molecule has 25 heavy (non-hydrogen) atoms. The maximum Gasteiger partial charge on any atom is 0.416 e. The Morgan fingerprint density at radius 2 is 1.48 bits per heavy atom. The van der Waals surface area contributed by atoms with Crippen LogP contribution in [0.2, 0.25) is 0 Å². The van der Waals surface area contributed by atoms with E-state index in [9.17, 15) is 13.2 Å². The molecule has 0 N–H and O–H groups in total. The Kier molecular flexibility index (Phi) is 6.95. The van der Waals surface area contributed by atoms with Gasteiger partial charge in [-0.1, -0.05) is 51.7 Å². The average Bonchev–Trinajstić information content (AvgIpc) is 2.78. The zero-order valence-electron chi connectivity index (χ0n) is 15.7. The Bertz CT molecular complexity index is 519. The van der Waals surface area contributed by atoms with Gasteiger partial charge in [-0.2, -0.15) is 13.2 Å². The van der Waals surface area contributed by atoms with Crippen LogP contribution in [0.3, 0.4) is 0 Å². The third-order valence-electron chi connectivity index (χ3n) is 5.83. The smallest absolute Gasteiger partial charge is 0.384 e. The van der Waals surface area contributed by atoms with Crippen LogP contribution in [0.4, 0.5) is 13.2 Å². The van der Waals surface area contributed by atoms with Crippen LogP contribution in [-0.4, -0.2) is 13.7 Å². The fourth-order valence-electron chi connectivity index (χ4n) is 4.08. The molecule has 0 bridgehead atoms. The quantitative estimate of drug-likeness (QED) is 0.521. The lowest BCUT2D eigenvalue weighted by Crippen LogP contribution is -2.23. The average molecular weight is 356 g/mol. The van der Waals surface area contributed by atoms with Crippen molar-refractivity contribution in [3.05, 3.63) is 35.4 Å². The summed E-state index contributed by atoms with van der Waals surface area (Å²) in [5.41, 5.74) is 0.294. The van der Waals surface area contributed by atoms with Gasteiger partial charge in [0.2, 0.25) is 0 Å². The van der Waals surface area contributed by atoms with Gasteiger partial charge in [0.1, 0.15) is 0 Å². The van der Waals surface area contributed by atoms with E-state index >= 15 is 0 Å². The van der Waals surface area contributed by atoms with E-state index in [1.807, 2.05) is 0 Å². The minimum Gasteiger partial charge on any atom is -0.384 e. The van der Waals surface area contributed by atoms with E-state index in [1.165, 1.54) is 44.2 Å². The van der Waals surface area contributed by atoms with E-state index in [4.69, 9.17) is 4.74 Å². The highest BCUT2D eigenvalue weighted by atomic mass is 19.4. The number of halogens is 3. The van der Waals surface area contributed by atoms with Crippen LogP contribution < -0.4 is 0 Å². The number of methoxy groups -OCH3 is 1. The van der Waals surface area contributed by atoms with Gasteiger partial charge in [-0.05, 0) is 54.2 Å². The van der Waals surface area contributed by atoms with Gasteiger partial charge in [0, 0.05) is 13.7 Å². The fraction of sp³-hybridized carbons (Fsp3) is 0.714. The lowest BCUT2D eigenvalue weighted by molar-refractivity contribution is -0.137. The maximum atomic E-state index is 12.7. The molecule has 0 aromatic heterocycles. The van der Waals surface area contributed by atoms with Crippen LogP contribution in [-0.2, 0) is 16.3 Å². The van der Waals surface area contributed by atoms with Gasteiger partial charge < -0.3 is 4.74 Å². The summed E-state index contributed by atoms with van der Waals surface area (Å²) in [6.07, 6.45) is 4.19. The number of benzene rings is 1. The zero-order chi connectivity index (χ0) is 18.5. The Labute approximate surface area is 150 Å². The summed E-state index contributed by atoms with van der Waals surface area (Å²) < 4.78 is 43.7. The third-order valence-corrected chi connectivity index (χ3v) is 5.83. The Morgan fingerprint density at radius 3 is 2.04 bits per heavy atom. The summed E-state index contributed by atoms with van der Waals surface area (Å²) in [6, 6.07) is 5.69. The van der Waals surface area contributed by atoms with Crippen molar-refractivity contribution in [1.29, 1.82) is 0 Å². The van der Waals surface area contributed by atoms with Gasteiger partial charge >= 0.3 is 6.18 Å². The highest BCUT2D eigenvalue weighted by molar-refractivity contribution is 5.29. The number of ether oxygens (including phenoxy) is 1. The van der Waals surface area contributed by atoms with E-state index in [2.05, 4.69) is 13.8 Å². The topological polar surface area (TPSA) is 9.23 Å². The summed E-state index contributed by atoms with van der Waals surface area (Å²) in [6.45, 7) is 5.10. The highest BCUT2D eigenvalue weighted by Crippen LogP contribution is 2.38. The van der Waals surface area contributed by atoms with Crippen LogP contribution >= 0.6 is 0 Å². The van der Waals surface area contributed by atoms with Crippen molar-refractivity contribution in [2.75, 3.05) is 13.7 Å². The molecule has 1 aromatic carbocycles. The minimum atomic E-state index is -4.27. The first kappa shape index (κ1) is 20.3. The second kappa shape index (κ2) is 8.57. The van der Waals surface area contributed by atoms with E-state index in [-0.39, 0.29) is 5.41 Å². The molecule has 0 heterocycles. The molecule has 0 radical (unpaired) electrons. The van der Waals surface area contributed by atoms with Crippen LogP contribution in [0, 0.1) is 11.8 Å². The van der Waals surface area contributed by atoms with Crippen LogP contribution in [0.15, 0.2) is 24.3 Å². The van der Waals surface area contributed by atoms with Crippen molar-refractivity contribution >= 4 is 0 Å². The molecule has 1 fully saturated rings. The molecule has 0 saturated heterocycles. The Balaban J connectivity index is 2.01. The van der Waals surface area contributed by atoms with E-state index in [1.54, 1.807) is 19.2 Å². The van der Waals surface area contributed by atoms with Gasteiger partial charge in [0.25, 0.3) is 0 Å². The molecule has 1 aliphatic rings. The molecule has 0 aliphatic heterocycles. The van der Waals surface area contributed by atoms with Crippen molar-refractivity contribution in [1.82, 2.24) is 0 Å². The van der Waals surface area contributed by atoms with Gasteiger partial charge in [0.05, 0.1) is 5.56 Å². The molecule has 1 aliphatic carbocycles. The molecule has 0 amide bonds. The van der Waals surface area contributed by atoms with Crippen molar-refractivity contribution in [3.63, 3.8) is 0 Å². The van der Waals surface area contributed by atoms with Crippen LogP contribution in [0.5, 0.6) is 0 Å². The van der Waals surface area contributed by atoms with Crippen molar-refractivity contribution in [2.45, 2.75) is 70.4 Å². The number of hydrogen-bond acceptors (Lipinski definition) is 1. The standard InChI is InChI=1S/C21H31F3O/c1-20(2,18-9-11-19(12-10-18)21(22,23)24)14-13-16-7-5-4-6-8-17(16)15-25-3/h9-12,16-17H,4-8,13-15H2,1-3H3/t16?,17-/m0/s1. The first-order valence-corrected chi connectivity index (χ1v) is 9.41. The Hall–Kier alpha value is -1.03. The second-order valence-corrected chi connectivity index (χ2v) is 8.11. The molecule has 1 unspecified atom stereocenters. The number of hydrogen-bond donors (Lipinski definition) is 0. The van der Waals surface area contributed by atoms with Crippen LogP contribution in [0.1, 0.15) is 69.9 Å². The lowest BCUT2D eigenvalue weighted by atomic mass is 9.75. The molecule has 4 heteroatoms. The normalized spacial score (nSPS) is 22.6. The van der Waals surface area contributed by atoms with Crippen molar-refractivity contribution in [3.8, 4) is 0 Å². The largest absolute Gasteiger partial charge is 0.416 e. The molecular weight excluding hydrogens is 325 g/mol. The van der Waals surface area contributed by atoms with Crippen LogP contribution in [0.25, 0.3) is 0 Å². The first-order chi connectivity index (χ1) is 11.7. The zero-order valence-corrected chi connectivity index (χ0v) is 15.7. The summed E-state index contributed by atoms with van der Waals surface area (Å²) in [4.78, 5) is 0. The summed E-state index contributed by atoms with van der Waals surface area (Å²) in [7, 11) is 1.77. The number of alkyl halides is 3. The molecule has 2 atom stereocenters. The van der Waals surface area contributed by atoms with E-state index < -0.39 is 11.7 Å². The van der Waals surface area contributed by atoms with Gasteiger partial charge in [-0.3, -0.25) is 0 Å². The van der Waals surface area contributed by atoms with Gasteiger partial charge in [-0.15, -0.1) is 0 Å². The molecule has 142 valence electrons. The maximum absolute atomic E-state index is 12.7. The van der Waals surface area contributed by atoms with Gasteiger partial charge in [0.15, 0.2) is 0 Å². The highest BCUT2D eigenvalue weighted by Gasteiger charge is 2.31. The SMILES string of the molecule is COC[C@@H]1CCCCCC1CCC(C)(C)c1ccc(C(F)(F)F)cc1. The summed E-state index contributed by atoms with van der Waals surface area (Å²) in [5.74, 6) is 1.28.